The quantitative estimate of drug-likeness (QED) is 0.135. The Morgan fingerprint density at radius 3 is 2.57 bits per heavy atom. The average molecular weight is 561 g/mol. The Morgan fingerprint density at radius 2 is 1.86 bits per heavy atom. The number of benzene rings is 3. The molecule has 1 aromatic heterocycles. The van der Waals surface area contributed by atoms with Crippen molar-refractivity contribution in [3.8, 4) is 11.4 Å². The Bertz CT molecular complexity index is 1350. The Morgan fingerprint density at radius 1 is 1.11 bits per heavy atom. The number of aryl methyl sites for hydroxylation is 1. The van der Waals surface area contributed by atoms with Crippen molar-refractivity contribution in [2.75, 3.05) is 6.54 Å². The van der Waals surface area contributed by atoms with Crippen molar-refractivity contribution in [2.45, 2.75) is 23.9 Å². The van der Waals surface area contributed by atoms with Gasteiger partial charge in [-0.25, -0.2) is 8.78 Å². The highest BCUT2D eigenvalue weighted by molar-refractivity contribution is 9.10. The first-order valence-corrected chi connectivity index (χ1v) is 12.1. The van der Waals surface area contributed by atoms with Crippen LogP contribution in [0.5, 0.6) is 5.75 Å². The molecule has 0 unspecified atom stereocenters. The predicted octanol–water partition coefficient (Wildman–Crippen LogP) is 6.31. The first-order valence-electron chi connectivity index (χ1n) is 10.4. The molecule has 35 heavy (non-hydrogen) atoms. The number of rotatable bonds is 9. The lowest BCUT2D eigenvalue weighted by atomic mass is 10.1. The zero-order valence-electron chi connectivity index (χ0n) is 18.4. The highest BCUT2D eigenvalue weighted by atomic mass is 79.9. The molecule has 180 valence electrons. The van der Waals surface area contributed by atoms with Crippen molar-refractivity contribution < 1.29 is 18.4 Å². The Balaban J connectivity index is 1.68. The molecule has 1 atom stereocenters. The van der Waals surface area contributed by atoms with Crippen LogP contribution in [0, 0.1) is 28.7 Å². The highest BCUT2D eigenvalue weighted by Gasteiger charge is 2.27. The predicted molar refractivity (Wildman–Crippen MR) is 131 cm³/mol. The SMILES string of the molecule is Cc1nnc(S[C@@H](C[N+](=O)[O-])c2cc(Br)ccc2OCc2ccccc2F)n1-c1ccc(F)cc1. The fourth-order valence-electron chi connectivity index (χ4n) is 3.44. The van der Waals surface area contributed by atoms with E-state index in [1.165, 1.54) is 18.2 Å². The molecule has 11 heteroatoms. The van der Waals surface area contributed by atoms with Gasteiger partial charge in [-0.1, -0.05) is 45.9 Å². The monoisotopic (exact) mass is 560 g/mol. The minimum Gasteiger partial charge on any atom is -0.488 e. The molecule has 7 nitrogen and oxygen atoms in total. The largest absolute Gasteiger partial charge is 0.488 e. The van der Waals surface area contributed by atoms with E-state index in [0.717, 1.165) is 11.8 Å². The number of halogens is 3. The molecular formula is C24H19BrF2N4O3S. The Kier molecular flexibility index (Phi) is 7.76. The average Bonchev–Trinajstić information content (AvgIpc) is 3.19. The molecule has 4 rings (SSSR count). The van der Waals surface area contributed by atoms with Gasteiger partial charge in [0.2, 0.25) is 6.54 Å². The third-order valence-electron chi connectivity index (χ3n) is 5.10. The second-order valence-electron chi connectivity index (χ2n) is 7.53. The van der Waals surface area contributed by atoms with Gasteiger partial charge in [0, 0.05) is 26.2 Å². The lowest BCUT2D eigenvalue weighted by Gasteiger charge is -2.18. The van der Waals surface area contributed by atoms with E-state index >= 15 is 0 Å². The van der Waals surface area contributed by atoms with Gasteiger partial charge in [-0.2, -0.15) is 0 Å². The smallest absolute Gasteiger partial charge is 0.220 e. The van der Waals surface area contributed by atoms with Crippen LogP contribution in [0.3, 0.4) is 0 Å². The summed E-state index contributed by atoms with van der Waals surface area (Å²) in [6.07, 6.45) is 0. The molecule has 0 aliphatic rings. The molecule has 4 aromatic rings. The van der Waals surface area contributed by atoms with Crippen LogP contribution in [0.2, 0.25) is 0 Å². The minimum absolute atomic E-state index is 0.0397. The fourth-order valence-corrected chi connectivity index (χ4v) is 5.01. The maximum Gasteiger partial charge on any atom is 0.220 e. The normalized spacial score (nSPS) is 11.9. The number of nitro groups is 1. The van der Waals surface area contributed by atoms with Crippen molar-refractivity contribution in [1.82, 2.24) is 14.8 Å². The standard InChI is InChI=1S/C24H19BrF2N4O3S/c1-15-28-29-24(31(15)19-9-7-18(26)8-10-19)35-23(13-30(32)33)20-12-17(25)6-11-22(20)34-14-16-4-2-3-5-21(16)27/h2-12,23H,13-14H2,1H3/t23-/m0/s1. The molecule has 0 fully saturated rings. The molecule has 0 bridgehead atoms. The van der Waals surface area contributed by atoms with Gasteiger partial charge in [-0.05, 0) is 55.5 Å². The van der Waals surface area contributed by atoms with Crippen LogP contribution >= 0.6 is 27.7 Å². The van der Waals surface area contributed by atoms with Crippen LogP contribution in [0.25, 0.3) is 5.69 Å². The summed E-state index contributed by atoms with van der Waals surface area (Å²) in [4.78, 5) is 11.2. The van der Waals surface area contributed by atoms with Gasteiger partial charge in [0.05, 0.1) is 0 Å². The summed E-state index contributed by atoms with van der Waals surface area (Å²) in [7, 11) is 0. The van der Waals surface area contributed by atoms with Crippen LogP contribution in [-0.4, -0.2) is 26.2 Å². The highest BCUT2D eigenvalue weighted by Crippen LogP contribution is 2.41. The van der Waals surface area contributed by atoms with E-state index in [4.69, 9.17) is 4.74 Å². The maximum atomic E-state index is 14.1. The van der Waals surface area contributed by atoms with Gasteiger partial charge >= 0.3 is 0 Å². The number of nitrogens with zero attached hydrogens (tertiary/aromatic N) is 4. The first kappa shape index (κ1) is 24.8. The molecule has 3 aromatic carbocycles. The summed E-state index contributed by atoms with van der Waals surface area (Å²) in [6, 6.07) is 17.2. The van der Waals surface area contributed by atoms with E-state index in [0.29, 0.717) is 38.0 Å². The molecule has 0 aliphatic carbocycles. The zero-order valence-corrected chi connectivity index (χ0v) is 20.8. The number of ether oxygens (including phenoxy) is 1. The summed E-state index contributed by atoms with van der Waals surface area (Å²) < 4.78 is 35.8. The minimum atomic E-state index is -0.707. The van der Waals surface area contributed by atoms with Gasteiger partial charge in [-0.15, -0.1) is 10.2 Å². The molecule has 0 amide bonds. The van der Waals surface area contributed by atoms with Crippen molar-refractivity contribution in [3.63, 3.8) is 0 Å². The Labute approximate surface area is 212 Å². The van der Waals surface area contributed by atoms with E-state index in [-0.39, 0.29) is 12.4 Å². The fraction of sp³-hybridized carbons (Fsp3) is 0.167. The van der Waals surface area contributed by atoms with Crippen LogP contribution in [-0.2, 0) is 6.61 Å². The van der Waals surface area contributed by atoms with E-state index in [2.05, 4.69) is 26.1 Å². The van der Waals surface area contributed by atoms with Crippen LogP contribution < -0.4 is 4.74 Å². The molecule has 0 aliphatic heterocycles. The van der Waals surface area contributed by atoms with Gasteiger partial charge in [0.1, 0.15) is 35.1 Å². The van der Waals surface area contributed by atoms with Crippen LogP contribution in [0.4, 0.5) is 8.78 Å². The van der Waals surface area contributed by atoms with Crippen molar-refractivity contribution in [1.29, 1.82) is 0 Å². The van der Waals surface area contributed by atoms with E-state index in [1.807, 2.05) is 0 Å². The van der Waals surface area contributed by atoms with Crippen molar-refractivity contribution in [2.24, 2.45) is 0 Å². The van der Waals surface area contributed by atoms with E-state index < -0.39 is 22.5 Å². The van der Waals surface area contributed by atoms with E-state index in [9.17, 15) is 18.9 Å². The van der Waals surface area contributed by atoms with E-state index in [1.54, 1.807) is 60.0 Å². The molecule has 0 saturated heterocycles. The summed E-state index contributed by atoms with van der Waals surface area (Å²) in [6.45, 7) is 1.28. The maximum absolute atomic E-state index is 14.1. The molecule has 0 spiro atoms. The third-order valence-corrected chi connectivity index (χ3v) is 6.76. The molecule has 0 radical (unpaired) electrons. The lowest BCUT2D eigenvalue weighted by molar-refractivity contribution is -0.479. The van der Waals surface area contributed by atoms with Gasteiger partial charge in [0.15, 0.2) is 5.16 Å². The summed E-state index contributed by atoms with van der Waals surface area (Å²) in [5.41, 5.74) is 1.54. The summed E-state index contributed by atoms with van der Waals surface area (Å²) in [5, 5.41) is 19.6. The first-order chi connectivity index (χ1) is 16.8. The molecule has 1 heterocycles. The number of aromatic nitrogens is 3. The Hall–Kier alpha value is -3.31. The second-order valence-corrected chi connectivity index (χ2v) is 9.61. The van der Waals surface area contributed by atoms with Crippen LogP contribution in [0.1, 0.15) is 22.2 Å². The lowest BCUT2D eigenvalue weighted by Crippen LogP contribution is -2.13. The number of thioether (sulfide) groups is 1. The number of hydrogen-bond donors (Lipinski definition) is 0. The molecular weight excluding hydrogens is 542 g/mol. The van der Waals surface area contributed by atoms with Gasteiger partial charge in [0.25, 0.3) is 0 Å². The molecule has 0 N–H and O–H groups in total. The van der Waals surface area contributed by atoms with Gasteiger partial charge in [-0.3, -0.25) is 14.7 Å². The summed E-state index contributed by atoms with van der Waals surface area (Å²) in [5.74, 6) is 0.153. The topological polar surface area (TPSA) is 83.1 Å². The molecule has 0 saturated carbocycles. The van der Waals surface area contributed by atoms with Gasteiger partial charge < -0.3 is 4.74 Å². The number of hydrogen-bond acceptors (Lipinski definition) is 6. The van der Waals surface area contributed by atoms with Crippen LogP contribution in [0.15, 0.2) is 76.4 Å². The van der Waals surface area contributed by atoms with Crippen molar-refractivity contribution in [3.05, 3.63) is 110 Å². The third kappa shape index (κ3) is 6.04. The van der Waals surface area contributed by atoms with Crippen molar-refractivity contribution >= 4 is 27.7 Å². The summed E-state index contributed by atoms with van der Waals surface area (Å²) >= 11 is 4.57. The second kappa shape index (κ2) is 11.0. The zero-order chi connectivity index (χ0) is 24.9.